The van der Waals surface area contributed by atoms with Gasteiger partial charge in [0.2, 0.25) is 0 Å². The summed E-state index contributed by atoms with van der Waals surface area (Å²) in [6.45, 7) is 22.5. The van der Waals surface area contributed by atoms with Crippen molar-refractivity contribution in [1.29, 1.82) is 0 Å². The molecule has 5 heteroatoms. The van der Waals surface area contributed by atoms with Crippen LogP contribution in [0.4, 0.5) is 0 Å². The van der Waals surface area contributed by atoms with Gasteiger partial charge in [-0.2, -0.15) is 0 Å². The topological polar surface area (TPSA) is 27.7 Å². The van der Waals surface area contributed by atoms with Crippen molar-refractivity contribution in [2.45, 2.75) is 138 Å². The van der Waals surface area contributed by atoms with E-state index in [1.54, 1.807) is 0 Å². The van der Waals surface area contributed by atoms with E-state index in [1.165, 1.54) is 84.7 Å². The summed E-state index contributed by atoms with van der Waals surface area (Å²) in [6.07, 6.45) is 9.40. The minimum atomic E-state index is -3.62. The molecule has 0 heterocycles. The van der Waals surface area contributed by atoms with Gasteiger partial charge in [0.1, 0.15) is 0 Å². The van der Waals surface area contributed by atoms with Crippen LogP contribution in [0.1, 0.15) is 112 Å². The van der Waals surface area contributed by atoms with Gasteiger partial charge in [0.05, 0.1) is 0 Å². The maximum absolute atomic E-state index is 7.87. The predicted octanol–water partition coefficient (Wildman–Crippen LogP) is 11.1. The SMILES string of the molecule is CCC[CH2][Sn]([CH2]CCC)([O]c1ccc(C)c(C)c1C)[O][Sn]([CH2]CCC)([CH2]CCC)[O]c1ccc(C)c(C)c1C. The molecule has 0 aromatic heterocycles. The molecule has 0 saturated heterocycles. The molecule has 0 aliphatic carbocycles. The summed E-state index contributed by atoms with van der Waals surface area (Å²) in [5.41, 5.74) is 7.90. The Bertz CT molecular complexity index is 936. The van der Waals surface area contributed by atoms with Crippen LogP contribution >= 0.6 is 0 Å². The summed E-state index contributed by atoms with van der Waals surface area (Å²) in [5, 5.41) is 0. The second-order valence-electron chi connectivity index (χ2n) is 11.8. The summed E-state index contributed by atoms with van der Waals surface area (Å²) >= 11 is -7.24. The molecule has 0 bridgehead atoms. The third kappa shape index (κ3) is 9.84. The van der Waals surface area contributed by atoms with Crippen molar-refractivity contribution in [3.05, 3.63) is 57.6 Å². The van der Waals surface area contributed by atoms with E-state index in [0.717, 1.165) is 29.2 Å². The summed E-state index contributed by atoms with van der Waals surface area (Å²) in [5.74, 6) is 2.13. The standard InChI is InChI=1S/2C9H12O.4C4H9.O.2Sn/c2*1-6-4-5-9(10)8(3)7(6)2;4*1-3-4-2;;;/h2*4-5,10H,1-3H3;4*1,3-4H2,2H3;;;/q;;;;;;;2*+1/p-2. The van der Waals surface area contributed by atoms with Gasteiger partial charge in [-0.05, 0) is 0 Å². The van der Waals surface area contributed by atoms with Gasteiger partial charge >= 0.3 is 253 Å². The van der Waals surface area contributed by atoms with E-state index in [0.29, 0.717) is 0 Å². The molecule has 0 N–H and O–H groups in total. The van der Waals surface area contributed by atoms with Crippen LogP contribution in [0.25, 0.3) is 0 Å². The summed E-state index contributed by atoms with van der Waals surface area (Å²) in [7, 11) is 0. The van der Waals surface area contributed by atoms with E-state index >= 15 is 0 Å². The maximum atomic E-state index is 7.87. The zero-order valence-corrected chi connectivity index (χ0v) is 32.7. The number of aryl methyl sites for hydroxylation is 2. The van der Waals surface area contributed by atoms with Crippen molar-refractivity contribution in [1.82, 2.24) is 0 Å². The molecule has 0 aliphatic rings. The van der Waals surface area contributed by atoms with Crippen LogP contribution in [-0.4, -0.2) is 38.4 Å². The molecule has 39 heavy (non-hydrogen) atoms. The number of rotatable bonds is 18. The molecular weight excluding hydrogens is 694 g/mol. The molecule has 2 aromatic carbocycles. The van der Waals surface area contributed by atoms with E-state index < -0.39 is 38.4 Å². The fraction of sp³-hybridized carbons (Fsp3) is 0.647. The van der Waals surface area contributed by atoms with Crippen LogP contribution in [0, 0.1) is 41.5 Å². The Labute approximate surface area is 251 Å². The molecule has 0 saturated carbocycles. The molecule has 2 aromatic rings. The van der Waals surface area contributed by atoms with Gasteiger partial charge in [0, 0.05) is 0 Å². The second kappa shape index (κ2) is 16.9. The third-order valence-electron chi connectivity index (χ3n) is 8.63. The van der Waals surface area contributed by atoms with Crippen molar-refractivity contribution in [3.63, 3.8) is 0 Å². The first-order valence-electron chi connectivity index (χ1n) is 15.8. The van der Waals surface area contributed by atoms with Gasteiger partial charge in [-0.25, -0.2) is 0 Å². The summed E-state index contributed by atoms with van der Waals surface area (Å²) in [4.78, 5) is 0. The van der Waals surface area contributed by atoms with E-state index in [2.05, 4.69) is 93.5 Å². The van der Waals surface area contributed by atoms with Crippen LogP contribution in [0.2, 0.25) is 17.7 Å². The second-order valence-corrected chi connectivity index (χ2v) is 33.6. The zero-order valence-electron chi connectivity index (χ0n) is 27.0. The number of hydrogen-bond donors (Lipinski definition) is 0. The molecule has 220 valence electrons. The van der Waals surface area contributed by atoms with E-state index in [4.69, 9.17) is 7.56 Å². The summed E-state index contributed by atoms with van der Waals surface area (Å²) < 4.78 is 27.0. The monoisotopic (exact) mass is 754 g/mol. The Morgan fingerprint density at radius 3 is 1.05 bits per heavy atom. The Balaban J connectivity index is 2.68. The number of unbranched alkanes of at least 4 members (excludes halogenated alkanes) is 4. The quantitative estimate of drug-likeness (QED) is 0.142. The van der Waals surface area contributed by atoms with Crippen molar-refractivity contribution in [2.24, 2.45) is 0 Å². The van der Waals surface area contributed by atoms with Crippen LogP contribution in [0.3, 0.4) is 0 Å². The Hall–Kier alpha value is -0.403. The van der Waals surface area contributed by atoms with Crippen molar-refractivity contribution in [2.75, 3.05) is 0 Å². The summed E-state index contributed by atoms with van der Waals surface area (Å²) in [6, 6.07) is 8.89. The first kappa shape index (κ1) is 34.8. The van der Waals surface area contributed by atoms with Gasteiger partial charge < -0.3 is 0 Å². The first-order chi connectivity index (χ1) is 18.6. The molecule has 0 fully saturated rings. The van der Waals surface area contributed by atoms with Gasteiger partial charge in [-0.1, -0.05) is 0 Å². The molecule has 2 rings (SSSR count). The van der Waals surface area contributed by atoms with Gasteiger partial charge in [0.25, 0.3) is 0 Å². The Morgan fingerprint density at radius 2 is 0.769 bits per heavy atom. The molecular formula is C34H58O3Sn2. The minimum absolute atomic E-state index is 1.06. The molecule has 0 aliphatic heterocycles. The molecule has 0 spiro atoms. The fourth-order valence-corrected chi connectivity index (χ4v) is 47.4. The first-order valence-corrected chi connectivity index (χ1v) is 28.5. The fourth-order valence-electron chi connectivity index (χ4n) is 5.31. The van der Waals surface area contributed by atoms with Crippen LogP contribution in [0.5, 0.6) is 11.5 Å². The Kier molecular flexibility index (Phi) is 15.1. The molecule has 0 unspecified atom stereocenters. The normalized spacial score (nSPS) is 12.2. The average Bonchev–Trinajstić information content (AvgIpc) is 2.93. The predicted molar refractivity (Wildman–Crippen MR) is 174 cm³/mol. The van der Waals surface area contributed by atoms with E-state index in [1.807, 2.05) is 0 Å². The van der Waals surface area contributed by atoms with Gasteiger partial charge in [0.15, 0.2) is 0 Å². The number of hydrogen-bond acceptors (Lipinski definition) is 3. The Morgan fingerprint density at radius 1 is 0.462 bits per heavy atom. The molecule has 3 nitrogen and oxygen atoms in total. The van der Waals surface area contributed by atoms with Crippen molar-refractivity contribution in [3.8, 4) is 11.5 Å². The molecule has 0 amide bonds. The van der Waals surface area contributed by atoms with Crippen LogP contribution in [-0.2, 0) is 1.41 Å². The third-order valence-corrected chi connectivity index (χ3v) is 41.1. The van der Waals surface area contributed by atoms with Crippen molar-refractivity contribution < 1.29 is 7.56 Å². The zero-order chi connectivity index (χ0) is 29.1. The van der Waals surface area contributed by atoms with Crippen LogP contribution in [0.15, 0.2) is 24.3 Å². The van der Waals surface area contributed by atoms with Gasteiger partial charge in [-0.3, -0.25) is 0 Å². The van der Waals surface area contributed by atoms with Crippen LogP contribution < -0.4 is 6.15 Å². The molecule has 0 radical (unpaired) electrons. The van der Waals surface area contributed by atoms with E-state index in [-0.39, 0.29) is 0 Å². The molecule has 0 atom stereocenters. The van der Waals surface area contributed by atoms with Crippen molar-refractivity contribution >= 4 is 38.4 Å². The number of benzene rings is 2. The van der Waals surface area contributed by atoms with Gasteiger partial charge in [-0.15, -0.1) is 0 Å². The average molecular weight is 752 g/mol. The van der Waals surface area contributed by atoms with E-state index in [9.17, 15) is 0 Å².